The summed E-state index contributed by atoms with van der Waals surface area (Å²) in [6.45, 7) is 1.92. The molecule has 136 valence electrons. The normalized spacial score (nSPS) is 21.0. The number of rotatable bonds is 2. The zero-order chi connectivity index (χ0) is 18.4. The van der Waals surface area contributed by atoms with E-state index in [0.717, 1.165) is 17.7 Å². The van der Waals surface area contributed by atoms with Gasteiger partial charge in [-0.1, -0.05) is 41.6 Å². The third-order valence-corrected chi connectivity index (χ3v) is 5.55. The molecule has 1 amide bonds. The lowest BCUT2D eigenvalue weighted by Crippen LogP contribution is -2.49. The van der Waals surface area contributed by atoms with Crippen LogP contribution in [0.3, 0.4) is 0 Å². The van der Waals surface area contributed by atoms with Crippen LogP contribution in [0.5, 0.6) is 0 Å². The number of piperidine rings is 1. The minimum atomic E-state index is -0.109. The first kappa shape index (κ1) is 16.1. The first-order valence-electron chi connectivity index (χ1n) is 9.20. The molecular formula is C21H19N3O3. The molecule has 2 aliphatic heterocycles. The number of pyridine rings is 1. The molecule has 0 unspecified atom stereocenters. The maximum absolute atomic E-state index is 13.0. The summed E-state index contributed by atoms with van der Waals surface area (Å²) in [5, 5.41) is 4.00. The van der Waals surface area contributed by atoms with Crippen LogP contribution in [0.25, 0.3) is 11.3 Å². The monoisotopic (exact) mass is 361 g/mol. The van der Waals surface area contributed by atoms with Gasteiger partial charge in [0.05, 0.1) is 0 Å². The van der Waals surface area contributed by atoms with E-state index in [9.17, 15) is 9.59 Å². The van der Waals surface area contributed by atoms with Gasteiger partial charge in [0.15, 0.2) is 11.5 Å². The number of carbonyl (C=O) groups is 1. The summed E-state index contributed by atoms with van der Waals surface area (Å²) in [5.74, 6) is 0.965. The summed E-state index contributed by atoms with van der Waals surface area (Å²) in [4.78, 5) is 27.0. The third-order valence-electron chi connectivity index (χ3n) is 5.55. The number of aromatic nitrogens is 2. The van der Waals surface area contributed by atoms with Crippen molar-refractivity contribution in [1.82, 2.24) is 14.6 Å². The van der Waals surface area contributed by atoms with Gasteiger partial charge in [-0.15, -0.1) is 0 Å². The number of benzene rings is 1. The Bertz CT molecular complexity index is 1050. The molecule has 6 heteroatoms. The molecule has 2 bridgehead atoms. The lowest BCUT2D eigenvalue weighted by Gasteiger charge is -2.42. The second-order valence-corrected chi connectivity index (χ2v) is 7.35. The summed E-state index contributed by atoms with van der Waals surface area (Å²) in [6.07, 6.45) is 1.02. The van der Waals surface area contributed by atoms with Crippen molar-refractivity contribution in [2.24, 2.45) is 5.92 Å². The van der Waals surface area contributed by atoms with Gasteiger partial charge in [0.2, 0.25) is 0 Å². The van der Waals surface area contributed by atoms with E-state index in [1.165, 1.54) is 0 Å². The molecule has 2 aromatic heterocycles. The lowest BCUT2D eigenvalue weighted by atomic mass is 9.83. The molecule has 2 atom stereocenters. The van der Waals surface area contributed by atoms with Gasteiger partial charge in [0, 0.05) is 48.9 Å². The van der Waals surface area contributed by atoms with Crippen molar-refractivity contribution >= 4 is 5.91 Å². The second-order valence-electron chi connectivity index (χ2n) is 7.35. The van der Waals surface area contributed by atoms with Gasteiger partial charge in [-0.3, -0.25) is 9.59 Å². The largest absolute Gasteiger partial charge is 0.355 e. The molecule has 0 N–H and O–H groups in total. The van der Waals surface area contributed by atoms with Gasteiger partial charge in [-0.25, -0.2) is 0 Å². The zero-order valence-electron chi connectivity index (χ0n) is 14.7. The average molecular weight is 361 g/mol. The van der Waals surface area contributed by atoms with E-state index in [4.69, 9.17) is 4.52 Å². The predicted octanol–water partition coefficient (Wildman–Crippen LogP) is 2.76. The van der Waals surface area contributed by atoms with Gasteiger partial charge in [-0.2, -0.15) is 0 Å². The standard InChI is InChI=1S/C21H19N3O3/c25-20-8-4-7-18-16-9-14(12-24(18)20)11-23(13-16)21(26)17-10-19(27-22-17)15-5-2-1-3-6-15/h1-8,10,14,16H,9,11-13H2/t14-,16-/m0/s1. The smallest absolute Gasteiger partial charge is 0.276 e. The van der Waals surface area contributed by atoms with Crippen LogP contribution in [0.4, 0.5) is 0 Å². The molecule has 0 spiro atoms. The van der Waals surface area contributed by atoms with E-state index >= 15 is 0 Å². The van der Waals surface area contributed by atoms with Crippen molar-refractivity contribution < 1.29 is 9.32 Å². The Morgan fingerprint density at radius 2 is 1.89 bits per heavy atom. The minimum absolute atomic E-state index is 0.0472. The van der Waals surface area contributed by atoms with Crippen LogP contribution < -0.4 is 5.56 Å². The van der Waals surface area contributed by atoms with Crippen LogP contribution in [0.15, 0.2) is 63.9 Å². The van der Waals surface area contributed by atoms with Crippen molar-refractivity contribution in [2.75, 3.05) is 13.1 Å². The topological polar surface area (TPSA) is 68.3 Å². The molecular weight excluding hydrogens is 342 g/mol. The first-order valence-corrected chi connectivity index (χ1v) is 9.20. The van der Waals surface area contributed by atoms with Crippen LogP contribution in [-0.4, -0.2) is 33.6 Å². The molecule has 0 aliphatic carbocycles. The highest BCUT2D eigenvalue weighted by atomic mass is 16.5. The van der Waals surface area contributed by atoms with Gasteiger partial charge in [0.25, 0.3) is 11.5 Å². The van der Waals surface area contributed by atoms with Gasteiger partial charge in [0.1, 0.15) is 0 Å². The fourth-order valence-electron chi connectivity index (χ4n) is 4.34. The van der Waals surface area contributed by atoms with Crippen molar-refractivity contribution in [1.29, 1.82) is 0 Å². The third kappa shape index (κ3) is 2.77. The molecule has 5 rings (SSSR count). The Morgan fingerprint density at radius 3 is 2.74 bits per heavy atom. The number of fused-ring (bicyclic) bond motifs is 4. The van der Waals surface area contributed by atoms with Gasteiger partial charge < -0.3 is 14.0 Å². The fourth-order valence-corrected chi connectivity index (χ4v) is 4.34. The maximum atomic E-state index is 13.0. The van der Waals surface area contributed by atoms with Crippen LogP contribution >= 0.6 is 0 Å². The Labute approximate surface area is 156 Å². The number of carbonyl (C=O) groups excluding carboxylic acids is 1. The molecule has 6 nitrogen and oxygen atoms in total. The van der Waals surface area contributed by atoms with Crippen LogP contribution in [0, 0.1) is 5.92 Å². The molecule has 1 saturated heterocycles. The van der Waals surface area contributed by atoms with Crippen molar-refractivity contribution in [2.45, 2.75) is 18.9 Å². The number of nitrogens with zero attached hydrogens (tertiary/aromatic N) is 3. The van der Waals surface area contributed by atoms with Crippen molar-refractivity contribution in [3.8, 4) is 11.3 Å². The average Bonchev–Trinajstić information content (AvgIpc) is 3.19. The van der Waals surface area contributed by atoms with Crippen LogP contribution in [-0.2, 0) is 6.54 Å². The van der Waals surface area contributed by atoms with Crippen molar-refractivity contribution in [3.63, 3.8) is 0 Å². The summed E-state index contributed by atoms with van der Waals surface area (Å²) < 4.78 is 7.25. The summed E-state index contributed by atoms with van der Waals surface area (Å²) in [7, 11) is 0. The summed E-state index contributed by atoms with van der Waals surface area (Å²) >= 11 is 0. The Kier molecular flexibility index (Phi) is 3.70. The van der Waals surface area contributed by atoms with E-state index in [-0.39, 0.29) is 17.4 Å². The van der Waals surface area contributed by atoms with Gasteiger partial charge >= 0.3 is 0 Å². The van der Waals surface area contributed by atoms with E-state index in [1.807, 2.05) is 45.9 Å². The quantitative estimate of drug-likeness (QED) is 0.704. The maximum Gasteiger partial charge on any atom is 0.276 e. The van der Waals surface area contributed by atoms with Crippen LogP contribution in [0.2, 0.25) is 0 Å². The predicted molar refractivity (Wildman–Crippen MR) is 99.4 cm³/mol. The molecule has 4 heterocycles. The van der Waals surface area contributed by atoms with Crippen molar-refractivity contribution in [3.05, 3.63) is 76.3 Å². The van der Waals surface area contributed by atoms with E-state index in [0.29, 0.717) is 37.0 Å². The molecule has 2 aliphatic rings. The van der Waals surface area contributed by atoms with Gasteiger partial charge in [-0.05, 0) is 18.4 Å². The number of hydrogen-bond acceptors (Lipinski definition) is 4. The highest BCUT2D eigenvalue weighted by Gasteiger charge is 2.37. The number of likely N-dealkylation sites (tertiary alicyclic amines) is 1. The SMILES string of the molecule is O=C(c1cc(-c2ccccc2)on1)N1C[C@@H]2C[C@@H](C1)c1cccc(=O)n1C2. The molecule has 0 radical (unpaired) electrons. The summed E-state index contributed by atoms with van der Waals surface area (Å²) in [6, 6.07) is 16.7. The zero-order valence-corrected chi connectivity index (χ0v) is 14.7. The highest BCUT2D eigenvalue weighted by molar-refractivity contribution is 5.93. The number of amides is 1. The minimum Gasteiger partial charge on any atom is -0.355 e. The van der Waals surface area contributed by atoms with Crippen LogP contribution in [0.1, 0.15) is 28.5 Å². The molecule has 1 fully saturated rings. The Morgan fingerprint density at radius 1 is 1.04 bits per heavy atom. The van der Waals surface area contributed by atoms with E-state index < -0.39 is 0 Å². The lowest BCUT2D eigenvalue weighted by molar-refractivity contribution is 0.0584. The second kappa shape index (κ2) is 6.23. The highest BCUT2D eigenvalue weighted by Crippen LogP contribution is 2.35. The Balaban J connectivity index is 1.40. The molecule has 27 heavy (non-hydrogen) atoms. The molecule has 3 aromatic rings. The summed E-state index contributed by atoms with van der Waals surface area (Å²) in [5.41, 5.74) is 2.31. The first-order chi connectivity index (χ1) is 13.2. The fraction of sp³-hybridized carbons (Fsp3) is 0.286. The number of hydrogen-bond donors (Lipinski definition) is 0. The molecule has 1 aromatic carbocycles. The Hall–Kier alpha value is -3.15. The van der Waals surface area contributed by atoms with E-state index in [2.05, 4.69) is 5.16 Å². The molecule has 0 saturated carbocycles. The van der Waals surface area contributed by atoms with E-state index in [1.54, 1.807) is 18.2 Å².